The van der Waals surface area contributed by atoms with Crippen LogP contribution in [0.2, 0.25) is 0 Å². The molecule has 1 aromatic carbocycles. The van der Waals surface area contributed by atoms with Crippen LogP contribution >= 0.6 is 0 Å². The van der Waals surface area contributed by atoms with Crippen molar-refractivity contribution in [3.8, 4) is 0 Å². The van der Waals surface area contributed by atoms with E-state index < -0.39 is 0 Å². The molecule has 0 radical (unpaired) electrons. The molecular formula is C10H15NO. The predicted octanol–water partition coefficient (Wildman–Crippen LogP) is 1.16. The van der Waals surface area contributed by atoms with Gasteiger partial charge >= 0.3 is 0 Å². The maximum atomic E-state index is 9.21. The molecule has 0 heterocycles. The van der Waals surface area contributed by atoms with Crippen LogP contribution in [0.3, 0.4) is 0 Å². The van der Waals surface area contributed by atoms with E-state index in [0.29, 0.717) is 0 Å². The topological polar surface area (TPSA) is 32.3 Å². The number of nitrogens with one attached hydrogen (secondary N) is 1. The monoisotopic (exact) mass is 165 g/mol. The summed E-state index contributed by atoms with van der Waals surface area (Å²) < 4.78 is 0. The van der Waals surface area contributed by atoms with Crippen LogP contribution in [-0.2, 0) is 6.42 Å². The van der Waals surface area contributed by atoms with Gasteiger partial charge in [0.2, 0.25) is 0 Å². The third-order valence-corrected chi connectivity index (χ3v) is 1.88. The zero-order valence-corrected chi connectivity index (χ0v) is 7.33. The van der Waals surface area contributed by atoms with E-state index in [1.54, 1.807) is 7.05 Å². The fourth-order valence-corrected chi connectivity index (χ4v) is 1.09. The van der Waals surface area contributed by atoms with Gasteiger partial charge in [-0.25, -0.2) is 0 Å². The minimum atomic E-state index is -0.384. The van der Waals surface area contributed by atoms with Crippen LogP contribution in [0.5, 0.6) is 0 Å². The van der Waals surface area contributed by atoms with Crippen LogP contribution in [0.4, 0.5) is 0 Å². The van der Waals surface area contributed by atoms with Crippen molar-refractivity contribution in [3.05, 3.63) is 35.9 Å². The summed E-state index contributed by atoms with van der Waals surface area (Å²) in [6, 6.07) is 10.2. The fourth-order valence-electron chi connectivity index (χ4n) is 1.09. The average Bonchev–Trinajstić information content (AvgIpc) is 2.16. The van der Waals surface area contributed by atoms with E-state index in [0.717, 1.165) is 12.8 Å². The normalized spacial score (nSPS) is 12.8. The number of aliphatic hydroxyl groups is 1. The minimum absolute atomic E-state index is 0.384. The Morgan fingerprint density at radius 1 is 1.33 bits per heavy atom. The first kappa shape index (κ1) is 9.23. The SMILES string of the molecule is CNC(O)CCc1ccccc1. The molecule has 0 aliphatic rings. The van der Waals surface area contributed by atoms with Gasteiger partial charge in [0, 0.05) is 0 Å². The molecule has 0 saturated heterocycles. The average molecular weight is 165 g/mol. The van der Waals surface area contributed by atoms with E-state index in [2.05, 4.69) is 17.4 Å². The molecule has 2 N–H and O–H groups in total. The third-order valence-electron chi connectivity index (χ3n) is 1.88. The van der Waals surface area contributed by atoms with Crippen LogP contribution in [0.15, 0.2) is 30.3 Å². The molecule has 0 aromatic heterocycles. The van der Waals surface area contributed by atoms with Crippen LogP contribution < -0.4 is 5.32 Å². The lowest BCUT2D eigenvalue weighted by Gasteiger charge is -2.07. The van der Waals surface area contributed by atoms with Crippen molar-refractivity contribution in [2.45, 2.75) is 19.1 Å². The van der Waals surface area contributed by atoms with Crippen molar-refractivity contribution in [1.82, 2.24) is 5.32 Å². The smallest absolute Gasteiger partial charge is 0.104 e. The molecule has 0 aliphatic carbocycles. The van der Waals surface area contributed by atoms with E-state index in [-0.39, 0.29) is 6.23 Å². The van der Waals surface area contributed by atoms with E-state index >= 15 is 0 Å². The van der Waals surface area contributed by atoms with Gasteiger partial charge in [0.05, 0.1) is 0 Å². The molecule has 0 bridgehead atoms. The molecule has 1 rings (SSSR count). The minimum Gasteiger partial charge on any atom is -0.379 e. The lowest BCUT2D eigenvalue weighted by molar-refractivity contribution is 0.137. The Morgan fingerprint density at radius 2 is 2.00 bits per heavy atom. The van der Waals surface area contributed by atoms with Crippen molar-refractivity contribution in [2.24, 2.45) is 0 Å². The Balaban J connectivity index is 2.33. The Morgan fingerprint density at radius 3 is 2.58 bits per heavy atom. The highest BCUT2D eigenvalue weighted by Gasteiger charge is 1.99. The Kier molecular flexibility index (Phi) is 3.77. The Labute approximate surface area is 73.2 Å². The van der Waals surface area contributed by atoms with Crippen LogP contribution in [0.25, 0.3) is 0 Å². The molecule has 0 amide bonds. The van der Waals surface area contributed by atoms with Gasteiger partial charge in [-0.2, -0.15) is 0 Å². The van der Waals surface area contributed by atoms with Gasteiger partial charge in [0.1, 0.15) is 6.23 Å². The molecule has 0 aliphatic heterocycles. The molecule has 1 atom stereocenters. The van der Waals surface area contributed by atoms with Gasteiger partial charge in [-0.05, 0) is 25.5 Å². The zero-order valence-electron chi connectivity index (χ0n) is 7.33. The summed E-state index contributed by atoms with van der Waals surface area (Å²) in [6.45, 7) is 0. The highest BCUT2D eigenvalue weighted by molar-refractivity contribution is 5.14. The fraction of sp³-hybridized carbons (Fsp3) is 0.400. The molecule has 2 nitrogen and oxygen atoms in total. The molecule has 2 heteroatoms. The summed E-state index contributed by atoms with van der Waals surface area (Å²) in [5.41, 5.74) is 1.27. The van der Waals surface area contributed by atoms with Crippen molar-refractivity contribution >= 4 is 0 Å². The van der Waals surface area contributed by atoms with Crippen molar-refractivity contribution in [1.29, 1.82) is 0 Å². The molecule has 1 aromatic rings. The van der Waals surface area contributed by atoms with Gasteiger partial charge in [-0.3, -0.25) is 5.32 Å². The number of aliphatic hydroxyl groups excluding tert-OH is 1. The first-order valence-corrected chi connectivity index (χ1v) is 4.22. The highest BCUT2D eigenvalue weighted by atomic mass is 16.3. The second kappa shape index (κ2) is 4.91. The number of aryl methyl sites for hydroxylation is 1. The number of hydrogen-bond donors (Lipinski definition) is 2. The van der Waals surface area contributed by atoms with Crippen molar-refractivity contribution in [3.63, 3.8) is 0 Å². The second-order valence-electron chi connectivity index (χ2n) is 2.83. The number of hydrogen-bond acceptors (Lipinski definition) is 2. The van der Waals surface area contributed by atoms with Gasteiger partial charge in [0.15, 0.2) is 0 Å². The summed E-state index contributed by atoms with van der Waals surface area (Å²) in [5.74, 6) is 0. The van der Waals surface area contributed by atoms with Crippen LogP contribution in [0, 0.1) is 0 Å². The van der Waals surface area contributed by atoms with Crippen LogP contribution in [0.1, 0.15) is 12.0 Å². The lowest BCUT2D eigenvalue weighted by Crippen LogP contribution is -2.24. The maximum absolute atomic E-state index is 9.21. The first-order chi connectivity index (χ1) is 5.83. The van der Waals surface area contributed by atoms with Gasteiger partial charge < -0.3 is 5.11 Å². The van der Waals surface area contributed by atoms with E-state index in [9.17, 15) is 5.11 Å². The molecule has 66 valence electrons. The molecule has 0 fully saturated rings. The number of benzene rings is 1. The van der Waals surface area contributed by atoms with E-state index in [1.165, 1.54) is 5.56 Å². The largest absolute Gasteiger partial charge is 0.379 e. The second-order valence-corrected chi connectivity index (χ2v) is 2.83. The van der Waals surface area contributed by atoms with Crippen molar-refractivity contribution in [2.75, 3.05) is 7.05 Å². The highest BCUT2D eigenvalue weighted by Crippen LogP contribution is 2.03. The summed E-state index contributed by atoms with van der Waals surface area (Å²) >= 11 is 0. The number of rotatable bonds is 4. The maximum Gasteiger partial charge on any atom is 0.104 e. The summed E-state index contributed by atoms with van der Waals surface area (Å²) in [6.07, 6.45) is 1.30. The summed E-state index contributed by atoms with van der Waals surface area (Å²) in [5, 5.41) is 12.0. The molecular weight excluding hydrogens is 150 g/mol. The quantitative estimate of drug-likeness (QED) is 0.656. The van der Waals surface area contributed by atoms with Gasteiger partial charge in [-0.1, -0.05) is 30.3 Å². The Hall–Kier alpha value is -0.860. The molecule has 0 saturated carbocycles. The van der Waals surface area contributed by atoms with Gasteiger partial charge in [-0.15, -0.1) is 0 Å². The molecule has 12 heavy (non-hydrogen) atoms. The third kappa shape index (κ3) is 3.03. The standard InChI is InChI=1S/C10H15NO/c1-11-10(12)8-7-9-5-3-2-4-6-9/h2-6,10-12H,7-8H2,1H3. The summed E-state index contributed by atoms with van der Waals surface area (Å²) in [7, 11) is 1.76. The molecule has 1 unspecified atom stereocenters. The predicted molar refractivity (Wildman–Crippen MR) is 49.8 cm³/mol. The summed E-state index contributed by atoms with van der Waals surface area (Å²) in [4.78, 5) is 0. The van der Waals surface area contributed by atoms with Crippen LogP contribution in [-0.4, -0.2) is 18.4 Å². The van der Waals surface area contributed by atoms with Crippen molar-refractivity contribution < 1.29 is 5.11 Å². The zero-order chi connectivity index (χ0) is 8.81. The van der Waals surface area contributed by atoms with E-state index in [1.807, 2.05) is 18.2 Å². The van der Waals surface area contributed by atoms with E-state index in [4.69, 9.17) is 0 Å². The van der Waals surface area contributed by atoms with Gasteiger partial charge in [0.25, 0.3) is 0 Å². The molecule has 0 spiro atoms. The first-order valence-electron chi connectivity index (χ1n) is 4.22. The lowest BCUT2D eigenvalue weighted by atomic mass is 10.1. The Bertz CT molecular complexity index is 210.